The molecule has 0 bridgehead atoms. The van der Waals surface area contributed by atoms with E-state index < -0.39 is 0 Å². The molecule has 4 heterocycles. The van der Waals surface area contributed by atoms with E-state index in [4.69, 9.17) is 22.9 Å². The number of hydrogen-bond acceptors (Lipinski definition) is 8. The molecule has 4 aromatic rings. The minimum absolute atomic E-state index is 0.671. The highest BCUT2D eigenvalue weighted by Crippen LogP contribution is 1.90. The Balaban J connectivity index is 0.000000213. The van der Waals surface area contributed by atoms with Gasteiger partial charge in [0.25, 0.3) is 0 Å². The van der Waals surface area contributed by atoms with Crippen molar-refractivity contribution in [1.82, 2.24) is 39.9 Å². The molecule has 0 radical (unpaired) electrons. The van der Waals surface area contributed by atoms with E-state index in [0.29, 0.717) is 26.2 Å². The van der Waals surface area contributed by atoms with Crippen LogP contribution in [0.15, 0.2) is 50.1 Å². The number of nitrogens with two attached hydrogens (primary N) is 4. The summed E-state index contributed by atoms with van der Waals surface area (Å²) in [7, 11) is 0. The number of imidazole rings is 4. The van der Waals surface area contributed by atoms with Crippen molar-refractivity contribution in [2.75, 3.05) is 26.2 Å². The van der Waals surface area contributed by atoms with Crippen molar-refractivity contribution < 1.29 is 0 Å². The lowest BCUT2D eigenvalue weighted by Gasteiger charge is -1.85. The minimum Gasteiger partial charge on any atom is -0.351 e. The van der Waals surface area contributed by atoms with Crippen LogP contribution in [-0.2, 0) is 25.7 Å². The second-order valence-corrected chi connectivity index (χ2v) is 6.40. The van der Waals surface area contributed by atoms with Gasteiger partial charge in [0.2, 0.25) is 0 Å². The van der Waals surface area contributed by atoms with E-state index in [9.17, 15) is 0 Å². The second kappa shape index (κ2) is 18.4. The Morgan fingerprint density at radius 3 is 0.781 bits per heavy atom. The van der Waals surface area contributed by atoms with Crippen molar-refractivity contribution in [3.63, 3.8) is 0 Å². The lowest BCUT2D eigenvalue weighted by Crippen LogP contribution is -2.02. The van der Waals surface area contributed by atoms with Gasteiger partial charge in [-0.2, -0.15) is 0 Å². The third-order valence-corrected chi connectivity index (χ3v) is 3.82. The van der Waals surface area contributed by atoms with E-state index in [0.717, 1.165) is 48.5 Å². The average Bonchev–Trinajstić information content (AvgIpc) is 3.60. The second-order valence-electron chi connectivity index (χ2n) is 6.40. The monoisotopic (exact) mass is 444 g/mol. The Morgan fingerprint density at radius 2 is 0.656 bits per heavy atom. The van der Waals surface area contributed by atoms with Gasteiger partial charge in [0.1, 0.15) is 0 Å². The predicted molar refractivity (Wildman–Crippen MR) is 125 cm³/mol. The molecule has 12 nitrogen and oxygen atoms in total. The summed E-state index contributed by atoms with van der Waals surface area (Å²) >= 11 is 0. The topological polar surface area (TPSA) is 219 Å². The molecule has 12 N–H and O–H groups in total. The van der Waals surface area contributed by atoms with Crippen molar-refractivity contribution in [2.45, 2.75) is 25.7 Å². The number of nitrogens with zero attached hydrogens (tertiary/aromatic N) is 4. The highest BCUT2D eigenvalue weighted by atomic mass is 14.9. The zero-order valence-corrected chi connectivity index (χ0v) is 18.4. The van der Waals surface area contributed by atoms with E-state index in [1.165, 1.54) is 0 Å². The molecule has 4 rings (SSSR count). The molecular weight excluding hydrogens is 408 g/mol. The third-order valence-electron chi connectivity index (χ3n) is 3.82. The van der Waals surface area contributed by atoms with E-state index in [2.05, 4.69) is 39.9 Å². The zero-order valence-electron chi connectivity index (χ0n) is 18.4. The summed E-state index contributed by atoms with van der Waals surface area (Å²) in [4.78, 5) is 27.3. The van der Waals surface area contributed by atoms with Gasteiger partial charge in [-0.15, -0.1) is 0 Å². The van der Waals surface area contributed by atoms with Gasteiger partial charge < -0.3 is 42.9 Å². The van der Waals surface area contributed by atoms with Gasteiger partial charge in [0, 0.05) is 50.5 Å². The van der Waals surface area contributed by atoms with Crippen LogP contribution in [-0.4, -0.2) is 66.1 Å². The van der Waals surface area contributed by atoms with Crippen LogP contribution in [0.25, 0.3) is 0 Å². The molecule has 4 aromatic heterocycles. The molecule has 0 aliphatic heterocycles. The third kappa shape index (κ3) is 13.1. The highest BCUT2D eigenvalue weighted by molar-refractivity contribution is 4.95. The Kier molecular flexibility index (Phi) is 15.4. The van der Waals surface area contributed by atoms with Gasteiger partial charge >= 0.3 is 0 Å². The minimum atomic E-state index is 0.671. The zero-order chi connectivity index (χ0) is 23.3. The number of aromatic amines is 4. The van der Waals surface area contributed by atoms with Crippen LogP contribution in [0.2, 0.25) is 0 Å². The number of hydrogen-bond donors (Lipinski definition) is 8. The van der Waals surface area contributed by atoms with Gasteiger partial charge in [-0.05, 0) is 26.2 Å². The smallest absolute Gasteiger partial charge is 0.0923 e. The van der Waals surface area contributed by atoms with Gasteiger partial charge in [-0.25, -0.2) is 19.9 Å². The van der Waals surface area contributed by atoms with Crippen LogP contribution in [0.5, 0.6) is 0 Å². The van der Waals surface area contributed by atoms with E-state index >= 15 is 0 Å². The van der Waals surface area contributed by atoms with E-state index in [-0.39, 0.29) is 0 Å². The van der Waals surface area contributed by atoms with Crippen LogP contribution < -0.4 is 22.9 Å². The lowest BCUT2D eigenvalue weighted by atomic mass is 10.3. The van der Waals surface area contributed by atoms with Crippen molar-refractivity contribution in [3.05, 3.63) is 72.9 Å². The molecule has 0 amide bonds. The summed E-state index contributed by atoms with van der Waals surface area (Å²) in [5.74, 6) is 0. The summed E-state index contributed by atoms with van der Waals surface area (Å²) < 4.78 is 0. The fraction of sp³-hybridized carbons (Fsp3) is 0.400. The van der Waals surface area contributed by atoms with Gasteiger partial charge in [0.05, 0.1) is 48.1 Å². The Bertz CT molecular complexity index is 679. The molecule has 0 aliphatic carbocycles. The maximum absolute atomic E-state index is 5.27. The molecule has 12 heteroatoms. The quantitative estimate of drug-likeness (QED) is 0.179. The fourth-order valence-electron chi connectivity index (χ4n) is 2.30. The first kappa shape index (κ1) is 26.7. The molecule has 0 saturated heterocycles. The van der Waals surface area contributed by atoms with Crippen molar-refractivity contribution in [3.8, 4) is 0 Å². The average molecular weight is 445 g/mol. The first-order valence-electron chi connectivity index (χ1n) is 10.4. The van der Waals surface area contributed by atoms with Crippen LogP contribution in [0.4, 0.5) is 0 Å². The van der Waals surface area contributed by atoms with Gasteiger partial charge in [-0.1, -0.05) is 0 Å². The fourth-order valence-corrected chi connectivity index (χ4v) is 2.30. The largest absolute Gasteiger partial charge is 0.351 e. The summed E-state index contributed by atoms with van der Waals surface area (Å²) in [6.07, 6.45) is 17.5. The summed E-state index contributed by atoms with van der Waals surface area (Å²) in [5.41, 5.74) is 25.2. The number of H-pyrrole nitrogens is 4. The Morgan fingerprint density at radius 1 is 0.438 bits per heavy atom. The number of nitrogens with one attached hydrogen (secondary N) is 4. The maximum Gasteiger partial charge on any atom is 0.0923 e. The molecule has 0 fully saturated rings. The Labute approximate surface area is 188 Å². The standard InChI is InChI=1S/4C5H9N3/c4*6-2-1-5-3-7-4-8-5/h4*3-4H,1-2,6H2,(H,7,8). The molecule has 0 unspecified atom stereocenters. The molecule has 0 spiro atoms. The van der Waals surface area contributed by atoms with E-state index in [1.807, 2.05) is 24.8 Å². The maximum atomic E-state index is 5.27. The van der Waals surface area contributed by atoms with Crippen molar-refractivity contribution in [2.24, 2.45) is 22.9 Å². The first-order valence-corrected chi connectivity index (χ1v) is 10.4. The SMILES string of the molecule is NCCc1c[nH]cn1.NCCc1c[nH]cn1.NCCc1c[nH]cn1.NCCc1c[nH]cn1. The van der Waals surface area contributed by atoms with Gasteiger partial charge in [-0.3, -0.25) is 0 Å². The normalized spacial score (nSPS) is 9.62. The van der Waals surface area contributed by atoms with Crippen LogP contribution in [0.3, 0.4) is 0 Å². The molecule has 0 saturated carbocycles. The summed E-state index contributed by atoms with van der Waals surface area (Å²) in [6.45, 7) is 2.69. The summed E-state index contributed by atoms with van der Waals surface area (Å²) in [5, 5.41) is 0. The number of rotatable bonds is 8. The molecular formula is C20H36N12. The van der Waals surface area contributed by atoms with Gasteiger partial charge in [0.15, 0.2) is 0 Å². The molecule has 176 valence electrons. The Hall–Kier alpha value is -3.32. The molecule has 32 heavy (non-hydrogen) atoms. The lowest BCUT2D eigenvalue weighted by molar-refractivity contribution is 0.935. The van der Waals surface area contributed by atoms with Crippen molar-refractivity contribution in [1.29, 1.82) is 0 Å². The molecule has 0 aliphatic rings. The van der Waals surface area contributed by atoms with E-state index in [1.54, 1.807) is 25.3 Å². The number of aromatic nitrogens is 8. The van der Waals surface area contributed by atoms with Crippen LogP contribution in [0.1, 0.15) is 22.8 Å². The van der Waals surface area contributed by atoms with Crippen LogP contribution in [0, 0.1) is 0 Å². The van der Waals surface area contributed by atoms with Crippen LogP contribution >= 0.6 is 0 Å². The molecule has 0 aromatic carbocycles. The van der Waals surface area contributed by atoms with Crippen molar-refractivity contribution >= 4 is 0 Å². The highest BCUT2D eigenvalue weighted by Gasteiger charge is 1.90. The first-order chi connectivity index (χ1) is 15.7. The summed E-state index contributed by atoms with van der Waals surface area (Å²) in [6, 6.07) is 0. The predicted octanol–water partition coefficient (Wildman–Crippen LogP) is -0.356. The molecule has 0 atom stereocenters.